The van der Waals surface area contributed by atoms with Crippen molar-refractivity contribution in [3.8, 4) is 5.75 Å². The number of nitrogens with one attached hydrogen (secondary N) is 1. The van der Waals surface area contributed by atoms with Crippen LogP contribution >= 0.6 is 11.8 Å². The van der Waals surface area contributed by atoms with Gasteiger partial charge in [0, 0.05) is 37.6 Å². The number of ketones is 1. The number of ether oxygens (including phenoxy) is 2. The fraction of sp³-hybridized carbons (Fsp3) is 0.550. The third kappa shape index (κ3) is 7.24. The molecule has 10 heteroatoms. The summed E-state index contributed by atoms with van der Waals surface area (Å²) in [5.41, 5.74) is -0.0399. The second kappa shape index (κ2) is 11.8. The van der Waals surface area contributed by atoms with Crippen LogP contribution in [0, 0.1) is 11.6 Å². The van der Waals surface area contributed by atoms with Crippen molar-refractivity contribution in [2.24, 2.45) is 0 Å². The predicted octanol–water partition coefficient (Wildman–Crippen LogP) is 2.38. The van der Waals surface area contributed by atoms with Crippen molar-refractivity contribution in [3.63, 3.8) is 0 Å². The van der Waals surface area contributed by atoms with Gasteiger partial charge in [-0.15, -0.1) is 11.8 Å². The molecule has 166 valence electrons. The SMILES string of the molecule is CCC(=O)c1cc(F)c(OCC2CN(C(=O)CCSCNC(C)=O)CCO2)c(F)c1. The second-order valence-corrected chi connectivity index (χ2v) is 7.83. The van der Waals surface area contributed by atoms with E-state index in [0.717, 1.165) is 12.1 Å². The van der Waals surface area contributed by atoms with Crippen molar-refractivity contribution in [2.45, 2.75) is 32.8 Å². The van der Waals surface area contributed by atoms with Gasteiger partial charge in [0.2, 0.25) is 11.8 Å². The molecule has 1 aromatic carbocycles. The maximum atomic E-state index is 14.2. The summed E-state index contributed by atoms with van der Waals surface area (Å²) in [6.07, 6.45) is -0.0657. The fourth-order valence-corrected chi connectivity index (χ4v) is 3.60. The topological polar surface area (TPSA) is 84.9 Å². The molecule has 2 amide bonds. The van der Waals surface area contributed by atoms with E-state index >= 15 is 0 Å². The third-order valence-electron chi connectivity index (χ3n) is 4.43. The summed E-state index contributed by atoms with van der Waals surface area (Å²) in [6.45, 7) is 3.90. The van der Waals surface area contributed by atoms with Gasteiger partial charge < -0.3 is 19.7 Å². The van der Waals surface area contributed by atoms with Crippen molar-refractivity contribution in [2.75, 3.05) is 37.9 Å². The summed E-state index contributed by atoms with van der Waals surface area (Å²) >= 11 is 1.45. The molecule has 0 aromatic heterocycles. The molecule has 1 aliphatic heterocycles. The first kappa shape index (κ1) is 24.1. The highest BCUT2D eigenvalue weighted by Gasteiger charge is 2.25. The Morgan fingerprint density at radius 1 is 1.30 bits per heavy atom. The van der Waals surface area contributed by atoms with E-state index in [1.165, 1.54) is 18.7 Å². The van der Waals surface area contributed by atoms with E-state index < -0.39 is 23.5 Å². The van der Waals surface area contributed by atoms with Crippen LogP contribution in [-0.2, 0) is 14.3 Å². The van der Waals surface area contributed by atoms with Crippen LogP contribution in [0.1, 0.15) is 37.0 Å². The van der Waals surface area contributed by atoms with Crippen molar-refractivity contribution >= 4 is 29.4 Å². The van der Waals surface area contributed by atoms with E-state index in [9.17, 15) is 23.2 Å². The van der Waals surface area contributed by atoms with Gasteiger partial charge in [0.05, 0.1) is 19.0 Å². The molecule has 0 aliphatic carbocycles. The molecule has 30 heavy (non-hydrogen) atoms. The van der Waals surface area contributed by atoms with Crippen LogP contribution in [0.5, 0.6) is 5.75 Å². The molecule has 1 aromatic rings. The Hall–Kier alpha value is -2.20. The van der Waals surface area contributed by atoms with Crippen molar-refractivity contribution in [1.29, 1.82) is 0 Å². The smallest absolute Gasteiger partial charge is 0.223 e. The highest BCUT2D eigenvalue weighted by Crippen LogP contribution is 2.24. The van der Waals surface area contributed by atoms with Crippen LogP contribution in [0.4, 0.5) is 8.78 Å². The van der Waals surface area contributed by atoms with Gasteiger partial charge in [-0.2, -0.15) is 0 Å². The summed E-state index contributed by atoms with van der Waals surface area (Å²) in [5, 5.41) is 2.64. The summed E-state index contributed by atoms with van der Waals surface area (Å²) in [4.78, 5) is 36.4. The Labute approximate surface area is 178 Å². The maximum absolute atomic E-state index is 14.2. The van der Waals surface area contributed by atoms with Gasteiger partial charge in [0.15, 0.2) is 23.2 Å². The molecular formula is C20H26F2N2O5S. The van der Waals surface area contributed by atoms with Crippen molar-refractivity contribution in [1.82, 2.24) is 10.2 Å². The van der Waals surface area contributed by atoms with Crippen LogP contribution < -0.4 is 10.1 Å². The largest absolute Gasteiger partial charge is 0.485 e. The van der Waals surface area contributed by atoms with Gasteiger partial charge in [-0.3, -0.25) is 14.4 Å². The summed E-state index contributed by atoms with van der Waals surface area (Å²) < 4.78 is 39.1. The first-order chi connectivity index (χ1) is 14.3. The number of carbonyl (C=O) groups is 3. The number of morpholine rings is 1. The molecule has 1 saturated heterocycles. The molecule has 1 fully saturated rings. The number of hydrogen-bond acceptors (Lipinski definition) is 6. The lowest BCUT2D eigenvalue weighted by Crippen LogP contribution is -2.47. The molecule has 1 aliphatic rings. The molecule has 0 spiro atoms. The number of hydrogen-bond donors (Lipinski definition) is 1. The normalized spacial score (nSPS) is 16.3. The maximum Gasteiger partial charge on any atom is 0.223 e. The zero-order valence-electron chi connectivity index (χ0n) is 17.0. The Bertz CT molecular complexity index is 755. The summed E-state index contributed by atoms with van der Waals surface area (Å²) in [7, 11) is 0. The Morgan fingerprint density at radius 3 is 2.63 bits per heavy atom. The average Bonchev–Trinajstić information content (AvgIpc) is 2.72. The lowest BCUT2D eigenvalue weighted by atomic mass is 10.1. The zero-order valence-corrected chi connectivity index (χ0v) is 17.9. The summed E-state index contributed by atoms with van der Waals surface area (Å²) in [6, 6.07) is 1.92. The van der Waals surface area contributed by atoms with E-state index in [4.69, 9.17) is 9.47 Å². The lowest BCUT2D eigenvalue weighted by molar-refractivity contribution is -0.139. The molecule has 1 heterocycles. The molecular weight excluding hydrogens is 418 g/mol. The monoisotopic (exact) mass is 444 g/mol. The quantitative estimate of drug-likeness (QED) is 0.339. The third-order valence-corrected chi connectivity index (χ3v) is 5.27. The van der Waals surface area contributed by atoms with E-state index in [2.05, 4.69) is 5.32 Å². The van der Waals surface area contributed by atoms with E-state index in [1.807, 2.05) is 0 Å². The van der Waals surface area contributed by atoms with Crippen LogP contribution in [0.2, 0.25) is 0 Å². The first-order valence-electron chi connectivity index (χ1n) is 9.68. The molecule has 1 N–H and O–H groups in total. The van der Waals surface area contributed by atoms with Crippen LogP contribution in [-0.4, -0.2) is 66.5 Å². The van der Waals surface area contributed by atoms with Gasteiger partial charge in [-0.05, 0) is 12.1 Å². The minimum atomic E-state index is -0.952. The second-order valence-electron chi connectivity index (χ2n) is 6.72. The summed E-state index contributed by atoms with van der Waals surface area (Å²) in [5.74, 6) is -2.00. The van der Waals surface area contributed by atoms with Crippen molar-refractivity contribution in [3.05, 3.63) is 29.3 Å². The Morgan fingerprint density at radius 2 is 2.00 bits per heavy atom. The Kier molecular flexibility index (Phi) is 9.51. The number of halogens is 2. The molecule has 1 unspecified atom stereocenters. The number of carbonyl (C=O) groups excluding carboxylic acids is 3. The molecule has 0 radical (unpaired) electrons. The Balaban J connectivity index is 1.83. The van der Waals surface area contributed by atoms with Gasteiger partial charge >= 0.3 is 0 Å². The van der Waals surface area contributed by atoms with E-state index in [-0.39, 0.29) is 42.7 Å². The number of rotatable bonds is 10. The number of nitrogens with zero attached hydrogens (tertiary/aromatic N) is 1. The number of Topliss-reactive ketones (excluding diaryl/α,β-unsaturated/α-hetero) is 1. The van der Waals surface area contributed by atoms with Gasteiger partial charge in [-0.25, -0.2) is 8.78 Å². The predicted molar refractivity (Wildman–Crippen MR) is 109 cm³/mol. The van der Waals surface area contributed by atoms with Crippen LogP contribution in [0.15, 0.2) is 12.1 Å². The van der Waals surface area contributed by atoms with E-state index in [0.29, 0.717) is 31.2 Å². The highest BCUT2D eigenvalue weighted by atomic mass is 32.2. The minimum Gasteiger partial charge on any atom is -0.485 e. The average molecular weight is 445 g/mol. The first-order valence-corrected chi connectivity index (χ1v) is 10.8. The van der Waals surface area contributed by atoms with Gasteiger partial charge in [-0.1, -0.05) is 6.92 Å². The van der Waals surface area contributed by atoms with E-state index in [1.54, 1.807) is 11.8 Å². The minimum absolute atomic E-state index is 0.0399. The number of thioether (sulfide) groups is 1. The lowest BCUT2D eigenvalue weighted by Gasteiger charge is -2.33. The van der Waals surface area contributed by atoms with Crippen LogP contribution in [0.3, 0.4) is 0 Å². The molecule has 1 atom stereocenters. The van der Waals surface area contributed by atoms with Gasteiger partial charge in [0.1, 0.15) is 12.7 Å². The molecule has 2 rings (SSSR count). The van der Waals surface area contributed by atoms with Gasteiger partial charge in [0.25, 0.3) is 0 Å². The molecule has 7 nitrogen and oxygen atoms in total. The molecule has 0 saturated carbocycles. The van der Waals surface area contributed by atoms with Crippen molar-refractivity contribution < 1.29 is 32.6 Å². The fourth-order valence-electron chi connectivity index (χ4n) is 2.83. The highest BCUT2D eigenvalue weighted by molar-refractivity contribution is 7.99. The standard InChI is InChI=1S/C20H26F2N2O5S/c1-3-18(26)14-8-16(21)20(17(22)9-14)29-11-15-10-24(5-6-28-15)19(27)4-7-30-12-23-13(2)25/h8-9,15H,3-7,10-12H2,1-2H3,(H,23,25). The van der Waals surface area contributed by atoms with Crippen LogP contribution in [0.25, 0.3) is 0 Å². The number of amides is 2. The molecule has 0 bridgehead atoms. The number of benzene rings is 1. The zero-order chi connectivity index (χ0) is 22.1.